The minimum absolute atomic E-state index is 0.0720. The molecule has 3 aromatic heterocycles. The van der Waals surface area contributed by atoms with Crippen molar-refractivity contribution in [2.45, 2.75) is 6.92 Å². The van der Waals surface area contributed by atoms with Crippen molar-refractivity contribution in [3.63, 3.8) is 0 Å². The lowest BCUT2D eigenvalue weighted by atomic mass is 10.1. The first kappa shape index (κ1) is 16.9. The number of anilines is 1. The molecule has 0 amide bonds. The number of rotatable bonds is 5. The largest absolute Gasteiger partial charge is 0.480 e. The molecule has 3 aromatic rings. The van der Waals surface area contributed by atoms with E-state index in [1.807, 2.05) is 0 Å². The van der Waals surface area contributed by atoms with Crippen LogP contribution in [0, 0.1) is 0 Å². The van der Waals surface area contributed by atoms with E-state index in [-0.39, 0.29) is 22.9 Å². The molecule has 0 aliphatic heterocycles. The smallest absolute Gasteiger partial charge is 0.257 e. The Kier molecular flexibility index (Phi) is 4.41. The molecule has 0 unspecified atom stereocenters. The lowest BCUT2D eigenvalue weighted by Crippen LogP contribution is -2.15. The first-order chi connectivity index (χ1) is 11.9. The lowest BCUT2D eigenvalue weighted by molar-refractivity contribution is 0.400. The molecule has 0 radical (unpaired) electrons. The van der Waals surface area contributed by atoms with E-state index in [1.54, 1.807) is 30.6 Å². The summed E-state index contributed by atoms with van der Waals surface area (Å²) in [6.07, 6.45) is 4.63. The molecule has 0 fully saturated rings. The van der Waals surface area contributed by atoms with Gasteiger partial charge < -0.3 is 4.74 Å². The number of hydrogen-bond acceptors (Lipinski definition) is 6. The van der Waals surface area contributed by atoms with Crippen LogP contribution in [0.15, 0.2) is 47.7 Å². The second-order valence-electron chi connectivity index (χ2n) is 5.22. The van der Waals surface area contributed by atoms with E-state index in [0.29, 0.717) is 16.8 Å². The fourth-order valence-electron chi connectivity index (χ4n) is 2.29. The van der Waals surface area contributed by atoms with Crippen LogP contribution in [-0.2, 0) is 10.0 Å². The number of aromatic nitrogens is 3. The summed E-state index contributed by atoms with van der Waals surface area (Å²) in [6, 6.07) is 6.46. The summed E-state index contributed by atoms with van der Waals surface area (Å²) >= 11 is 0. The summed E-state index contributed by atoms with van der Waals surface area (Å²) in [7, 11) is -2.07. The van der Waals surface area contributed by atoms with Gasteiger partial charge in [0, 0.05) is 35.8 Å². The van der Waals surface area contributed by atoms with Crippen LogP contribution >= 0.6 is 0 Å². The molecule has 0 atom stereocenters. The molecule has 0 saturated carbocycles. The van der Waals surface area contributed by atoms with Gasteiger partial charge in [0.25, 0.3) is 5.56 Å². The third kappa shape index (κ3) is 3.45. The first-order valence-corrected chi connectivity index (χ1v) is 9.11. The lowest BCUT2D eigenvalue weighted by Gasteiger charge is -2.12. The van der Waals surface area contributed by atoms with Crippen molar-refractivity contribution < 1.29 is 13.2 Å². The second-order valence-corrected chi connectivity index (χ2v) is 7.23. The Labute approximate surface area is 144 Å². The van der Waals surface area contributed by atoms with Crippen LogP contribution in [0.2, 0.25) is 0 Å². The molecule has 1 N–H and O–H groups in total. The molecular formula is C16H16N4O4S. The van der Waals surface area contributed by atoms with E-state index in [1.165, 1.54) is 30.7 Å². The number of methoxy groups -OCH3 is 1. The number of ether oxygens (including phenoxy) is 1. The summed E-state index contributed by atoms with van der Waals surface area (Å²) in [6.45, 7) is 1.54. The van der Waals surface area contributed by atoms with E-state index in [9.17, 15) is 13.2 Å². The van der Waals surface area contributed by atoms with Crippen molar-refractivity contribution in [2.75, 3.05) is 17.6 Å². The van der Waals surface area contributed by atoms with E-state index in [2.05, 4.69) is 14.7 Å². The van der Waals surface area contributed by atoms with E-state index >= 15 is 0 Å². The highest BCUT2D eigenvalue weighted by atomic mass is 32.2. The highest BCUT2D eigenvalue weighted by Gasteiger charge is 2.14. The summed E-state index contributed by atoms with van der Waals surface area (Å²) in [5.74, 6) is 0.0950. The highest BCUT2D eigenvalue weighted by Crippen LogP contribution is 2.29. The molecule has 25 heavy (non-hydrogen) atoms. The number of nitrogens with one attached hydrogen (secondary N) is 1. The van der Waals surface area contributed by atoms with Gasteiger partial charge in [0.05, 0.1) is 12.9 Å². The van der Waals surface area contributed by atoms with Gasteiger partial charge in [-0.15, -0.1) is 0 Å². The zero-order chi connectivity index (χ0) is 18.0. The monoisotopic (exact) mass is 360 g/mol. The molecule has 0 spiro atoms. The van der Waals surface area contributed by atoms with Crippen molar-refractivity contribution in [1.82, 2.24) is 14.4 Å². The Morgan fingerprint density at radius 1 is 1.20 bits per heavy atom. The van der Waals surface area contributed by atoms with E-state index in [4.69, 9.17) is 4.74 Å². The van der Waals surface area contributed by atoms with Crippen LogP contribution in [0.5, 0.6) is 5.88 Å². The Balaban J connectivity index is 2.11. The van der Waals surface area contributed by atoms with Gasteiger partial charge in [-0.1, -0.05) is 0 Å². The Morgan fingerprint density at radius 3 is 2.72 bits per heavy atom. The fraction of sp³-hybridized carbons (Fsp3) is 0.188. The maximum atomic E-state index is 12.0. The number of fused-ring (bicyclic) bond motifs is 1. The van der Waals surface area contributed by atoms with Crippen LogP contribution in [0.3, 0.4) is 0 Å². The zero-order valence-electron chi connectivity index (χ0n) is 13.6. The number of nitrogens with zero attached hydrogens (tertiary/aromatic N) is 3. The van der Waals surface area contributed by atoms with Crippen molar-refractivity contribution in [2.24, 2.45) is 0 Å². The van der Waals surface area contributed by atoms with Gasteiger partial charge in [-0.3, -0.25) is 13.9 Å². The minimum Gasteiger partial charge on any atom is -0.480 e. The molecule has 0 aliphatic carbocycles. The summed E-state index contributed by atoms with van der Waals surface area (Å²) in [5.41, 5.74) is 1.87. The van der Waals surface area contributed by atoms with Gasteiger partial charge in [-0.25, -0.2) is 18.4 Å². The third-order valence-corrected chi connectivity index (χ3v) is 4.90. The molecule has 0 bridgehead atoms. The highest BCUT2D eigenvalue weighted by molar-refractivity contribution is 7.92. The summed E-state index contributed by atoms with van der Waals surface area (Å²) < 4.78 is 32.7. The normalized spacial score (nSPS) is 11.4. The average molecular weight is 360 g/mol. The molecule has 3 heterocycles. The van der Waals surface area contributed by atoms with Crippen LogP contribution < -0.4 is 15.0 Å². The molecule has 9 heteroatoms. The number of sulfonamides is 1. The van der Waals surface area contributed by atoms with Crippen LogP contribution in [0.1, 0.15) is 6.92 Å². The molecule has 130 valence electrons. The van der Waals surface area contributed by atoms with Crippen LogP contribution in [0.4, 0.5) is 5.69 Å². The predicted molar refractivity (Wildman–Crippen MR) is 94.3 cm³/mol. The molecule has 8 nitrogen and oxygen atoms in total. The van der Waals surface area contributed by atoms with Gasteiger partial charge in [-0.2, -0.15) is 0 Å². The topological polar surface area (TPSA) is 103 Å². The van der Waals surface area contributed by atoms with Crippen LogP contribution in [-0.4, -0.2) is 35.6 Å². The maximum Gasteiger partial charge on any atom is 0.257 e. The van der Waals surface area contributed by atoms with Gasteiger partial charge in [0.1, 0.15) is 11.3 Å². The van der Waals surface area contributed by atoms with Crippen molar-refractivity contribution >= 4 is 21.4 Å². The molecule has 0 aromatic carbocycles. The average Bonchev–Trinajstić information content (AvgIpc) is 2.61. The van der Waals surface area contributed by atoms with Crippen molar-refractivity contribution in [1.29, 1.82) is 0 Å². The van der Waals surface area contributed by atoms with Gasteiger partial charge >= 0.3 is 0 Å². The van der Waals surface area contributed by atoms with Gasteiger partial charge in [-0.05, 0) is 25.1 Å². The van der Waals surface area contributed by atoms with Crippen molar-refractivity contribution in [3.8, 4) is 17.0 Å². The quantitative estimate of drug-likeness (QED) is 0.740. The molecule has 0 aliphatic rings. The maximum absolute atomic E-state index is 12.0. The standard InChI is InChI=1S/C16H16N4O4S/c1-3-25(22,23)19-13-8-12(9-18-16(13)24-2)11-4-5-14-17-7-6-15(21)20(14)10-11/h4-10,19H,3H2,1-2H3. The van der Waals surface area contributed by atoms with Gasteiger partial charge in [0.15, 0.2) is 0 Å². The van der Waals surface area contributed by atoms with E-state index in [0.717, 1.165) is 0 Å². The number of pyridine rings is 2. The first-order valence-electron chi connectivity index (χ1n) is 7.46. The van der Waals surface area contributed by atoms with Crippen molar-refractivity contribution in [3.05, 3.63) is 53.2 Å². The SMILES string of the molecule is CCS(=O)(=O)Nc1cc(-c2ccc3nccc(=O)n3c2)cnc1OC. The Morgan fingerprint density at radius 2 is 2.00 bits per heavy atom. The van der Waals surface area contributed by atoms with Crippen LogP contribution in [0.25, 0.3) is 16.8 Å². The fourth-order valence-corrected chi connectivity index (χ4v) is 2.91. The summed E-state index contributed by atoms with van der Waals surface area (Å²) in [5, 5.41) is 0. The van der Waals surface area contributed by atoms with E-state index < -0.39 is 10.0 Å². The number of hydrogen-bond donors (Lipinski definition) is 1. The minimum atomic E-state index is -3.48. The zero-order valence-corrected chi connectivity index (χ0v) is 14.4. The second kappa shape index (κ2) is 6.52. The molecule has 3 rings (SSSR count). The Hall–Kier alpha value is -2.94. The van der Waals surface area contributed by atoms with Gasteiger partial charge in [0.2, 0.25) is 15.9 Å². The molecule has 0 saturated heterocycles. The summed E-state index contributed by atoms with van der Waals surface area (Å²) in [4.78, 5) is 20.2. The Bertz CT molecular complexity index is 1090. The molecular weight excluding hydrogens is 344 g/mol. The third-order valence-electron chi connectivity index (χ3n) is 3.61. The predicted octanol–water partition coefficient (Wildman–Crippen LogP) is 1.53.